The molecule has 0 unspecified atom stereocenters. The Kier molecular flexibility index (Phi) is 3.26. The standard InChI is InChI=1S/C11H19N5S/c1-2-10-13-11(17-14-10)16-7-9(8-16)15-5-3-12-4-6-15/h9,12H,2-8H2,1H3. The Morgan fingerprint density at radius 1 is 1.35 bits per heavy atom. The smallest absolute Gasteiger partial charge is 0.205 e. The maximum Gasteiger partial charge on any atom is 0.205 e. The summed E-state index contributed by atoms with van der Waals surface area (Å²) in [5.74, 6) is 0.982. The topological polar surface area (TPSA) is 44.3 Å². The van der Waals surface area contributed by atoms with E-state index in [1.165, 1.54) is 13.1 Å². The molecule has 0 bridgehead atoms. The molecule has 2 saturated heterocycles. The van der Waals surface area contributed by atoms with Gasteiger partial charge in [-0.2, -0.15) is 4.37 Å². The van der Waals surface area contributed by atoms with Gasteiger partial charge in [0.05, 0.1) is 0 Å². The number of hydrogen-bond donors (Lipinski definition) is 1. The van der Waals surface area contributed by atoms with E-state index < -0.39 is 0 Å². The van der Waals surface area contributed by atoms with Crippen molar-refractivity contribution in [3.05, 3.63) is 5.82 Å². The third kappa shape index (κ3) is 2.29. The monoisotopic (exact) mass is 253 g/mol. The first-order valence-corrected chi connectivity index (χ1v) is 7.16. The minimum Gasteiger partial charge on any atom is -0.344 e. The minimum atomic E-state index is 0.728. The zero-order valence-corrected chi connectivity index (χ0v) is 11.0. The third-order valence-corrected chi connectivity index (χ3v) is 4.39. The zero-order chi connectivity index (χ0) is 11.7. The van der Waals surface area contributed by atoms with Gasteiger partial charge in [0, 0.05) is 63.3 Å². The molecule has 1 N–H and O–H groups in total. The molecule has 94 valence electrons. The van der Waals surface area contributed by atoms with E-state index in [-0.39, 0.29) is 0 Å². The van der Waals surface area contributed by atoms with Gasteiger partial charge in [-0.3, -0.25) is 4.90 Å². The van der Waals surface area contributed by atoms with Gasteiger partial charge in [0.2, 0.25) is 5.13 Å². The number of hydrogen-bond acceptors (Lipinski definition) is 6. The summed E-state index contributed by atoms with van der Waals surface area (Å²) in [5, 5.41) is 4.50. The summed E-state index contributed by atoms with van der Waals surface area (Å²) in [5.41, 5.74) is 0. The van der Waals surface area contributed by atoms with Crippen LogP contribution in [0.25, 0.3) is 0 Å². The SMILES string of the molecule is CCc1nsc(N2CC(N3CCNCC3)C2)n1. The molecule has 1 aromatic heterocycles. The molecular formula is C11H19N5S. The van der Waals surface area contributed by atoms with E-state index in [4.69, 9.17) is 0 Å². The molecule has 0 radical (unpaired) electrons. The first-order chi connectivity index (χ1) is 8.36. The highest BCUT2D eigenvalue weighted by molar-refractivity contribution is 7.09. The van der Waals surface area contributed by atoms with E-state index in [0.29, 0.717) is 0 Å². The second kappa shape index (κ2) is 4.88. The third-order valence-electron chi connectivity index (χ3n) is 3.57. The molecule has 6 heteroatoms. The van der Waals surface area contributed by atoms with Crippen molar-refractivity contribution in [2.24, 2.45) is 0 Å². The molecule has 2 fully saturated rings. The van der Waals surface area contributed by atoms with Crippen LogP contribution < -0.4 is 10.2 Å². The number of rotatable bonds is 3. The number of piperazine rings is 1. The fourth-order valence-electron chi connectivity index (χ4n) is 2.41. The molecule has 0 amide bonds. The summed E-state index contributed by atoms with van der Waals surface area (Å²) >= 11 is 1.54. The van der Waals surface area contributed by atoms with Crippen molar-refractivity contribution in [3.63, 3.8) is 0 Å². The van der Waals surface area contributed by atoms with E-state index in [0.717, 1.165) is 49.6 Å². The van der Waals surface area contributed by atoms with Crippen LogP contribution in [0.5, 0.6) is 0 Å². The Morgan fingerprint density at radius 2 is 2.12 bits per heavy atom. The number of aromatic nitrogens is 2. The van der Waals surface area contributed by atoms with Crippen molar-refractivity contribution in [2.45, 2.75) is 19.4 Å². The Labute approximate surface area is 106 Å². The van der Waals surface area contributed by atoms with Gasteiger partial charge in [0.1, 0.15) is 5.82 Å². The summed E-state index contributed by atoms with van der Waals surface area (Å²) in [6.45, 7) is 9.00. The van der Waals surface area contributed by atoms with Gasteiger partial charge in [-0.1, -0.05) is 6.92 Å². The van der Waals surface area contributed by atoms with Crippen LogP contribution in [0, 0.1) is 0 Å². The van der Waals surface area contributed by atoms with Crippen LogP contribution in [-0.4, -0.2) is 59.6 Å². The number of aryl methyl sites for hydroxylation is 1. The van der Waals surface area contributed by atoms with Crippen LogP contribution >= 0.6 is 11.5 Å². The van der Waals surface area contributed by atoms with Crippen LogP contribution in [-0.2, 0) is 6.42 Å². The van der Waals surface area contributed by atoms with Crippen molar-refractivity contribution in [1.29, 1.82) is 0 Å². The van der Waals surface area contributed by atoms with Crippen LogP contribution in [0.15, 0.2) is 0 Å². The number of nitrogens with zero attached hydrogens (tertiary/aromatic N) is 4. The van der Waals surface area contributed by atoms with E-state index in [1.807, 2.05) is 0 Å². The molecule has 2 aliphatic rings. The Hall–Kier alpha value is -0.720. The number of nitrogens with one attached hydrogen (secondary N) is 1. The number of anilines is 1. The minimum absolute atomic E-state index is 0.728. The predicted molar refractivity (Wildman–Crippen MR) is 69.7 cm³/mol. The largest absolute Gasteiger partial charge is 0.344 e. The lowest BCUT2D eigenvalue weighted by atomic mass is 10.1. The van der Waals surface area contributed by atoms with E-state index in [2.05, 4.69) is 31.4 Å². The van der Waals surface area contributed by atoms with E-state index >= 15 is 0 Å². The van der Waals surface area contributed by atoms with E-state index in [1.54, 1.807) is 11.5 Å². The summed E-state index contributed by atoms with van der Waals surface area (Å²) in [4.78, 5) is 9.48. The highest BCUT2D eigenvalue weighted by atomic mass is 32.1. The maximum absolute atomic E-state index is 4.53. The second-order valence-electron chi connectivity index (χ2n) is 4.69. The first kappa shape index (κ1) is 11.4. The Balaban J connectivity index is 1.53. The average Bonchev–Trinajstić information content (AvgIpc) is 2.77. The van der Waals surface area contributed by atoms with Crippen molar-refractivity contribution < 1.29 is 0 Å². The molecule has 2 aliphatic heterocycles. The first-order valence-electron chi connectivity index (χ1n) is 6.39. The summed E-state index contributed by atoms with van der Waals surface area (Å²) in [6.07, 6.45) is 0.936. The highest BCUT2D eigenvalue weighted by Crippen LogP contribution is 2.25. The van der Waals surface area contributed by atoms with Gasteiger partial charge in [0.25, 0.3) is 0 Å². The quantitative estimate of drug-likeness (QED) is 0.833. The van der Waals surface area contributed by atoms with Gasteiger partial charge in [-0.15, -0.1) is 0 Å². The normalized spacial score (nSPS) is 22.8. The average molecular weight is 253 g/mol. The Morgan fingerprint density at radius 3 is 2.76 bits per heavy atom. The lowest BCUT2D eigenvalue weighted by molar-refractivity contribution is 0.147. The molecule has 3 heterocycles. The molecule has 1 aromatic rings. The molecule has 0 saturated carbocycles. The van der Waals surface area contributed by atoms with Crippen LogP contribution in [0.2, 0.25) is 0 Å². The highest BCUT2D eigenvalue weighted by Gasteiger charge is 2.33. The van der Waals surface area contributed by atoms with Crippen molar-refractivity contribution >= 4 is 16.7 Å². The molecule has 0 aromatic carbocycles. The Bertz CT molecular complexity index is 368. The lowest BCUT2D eigenvalue weighted by Gasteiger charge is -2.46. The molecule has 17 heavy (non-hydrogen) atoms. The van der Waals surface area contributed by atoms with Gasteiger partial charge in [0.15, 0.2) is 0 Å². The van der Waals surface area contributed by atoms with Crippen LogP contribution in [0.4, 0.5) is 5.13 Å². The second-order valence-corrected chi connectivity index (χ2v) is 5.42. The maximum atomic E-state index is 4.53. The van der Waals surface area contributed by atoms with Crippen molar-refractivity contribution in [3.8, 4) is 0 Å². The van der Waals surface area contributed by atoms with Gasteiger partial charge in [-0.25, -0.2) is 4.98 Å². The summed E-state index contributed by atoms with van der Waals surface area (Å²) in [7, 11) is 0. The van der Waals surface area contributed by atoms with Crippen molar-refractivity contribution in [2.75, 3.05) is 44.2 Å². The zero-order valence-electron chi connectivity index (χ0n) is 10.2. The molecule has 0 atom stereocenters. The van der Waals surface area contributed by atoms with Gasteiger partial charge >= 0.3 is 0 Å². The molecular weight excluding hydrogens is 234 g/mol. The lowest BCUT2D eigenvalue weighted by Crippen LogP contribution is -2.62. The molecule has 0 aliphatic carbocycles. The fraction of sp³-hybridized carbons (Fsp3) is 0.818. The van der Waals surface area contributed by atoms with E-state index in [9.17, 15) is 0 Å². The molecule has 5 nitrogen and oxygen atoms in total. The fourth-order valence-corrected chi connectivity index (χ4v) is 3.17. The predicted octanol–water partition coefficient (Wildman–Crippen LogP) is 0.194. The van der Waals surface area contributed by atoms with Gasteiger partial charge < -0.3 is 10.2 Å². The summed E-state index contributed by atoms with van der Waals surface area (Å²) < 4.78 is 4.34. The summed E-state index contributed by atoms with van der Waals surface area (Å²) in [6, 6.07) is 0.728. The van der Waals surface area contributed by atoms with Crippen molar-refractivity contribution in [1.82, 2.24) is 19.6 Å². The molecule has 0 spiro atoms. The van der Waals surface area contributed by atoms with Gasteiger partial charge in [-0.05, 0) is 0 Å². The van der Waals surface area contributed by atoms with Crippen LogP contribution in [0.1, 0.15) is 12.7 Å². The molecule has 3 rings (SSSR count). The van der Waals surface area contributed by atoms with Crippen LogP contribution in [0.3, 0.4) is 0 Å².